The van der Waals surface area contributed by atoms with Crippen LogP contribution in [0.1, 0.15) is 19.4 Å². The van der Waals surface area contributed by atoms with Gasteiger partial charge in [0.15, 0.2) is 0 Å². The zero-order valence-corrected chi connectivity index (χ0v) is 14.8. The van der Waals surface area contributed by atoms with Crippen LogP contribution in [-0.2, 0) is 29.1 Å². The maximum absolute atomic E-state index is 12.6. The van der Waals surface area contributed by atoms with Crippen LogP contribution in [0.4, 0.5) is 0 Å². The number of carbonyl (C=O) groups is 2. The third kappa shape index (κ3) is 4.93. The molecule has 0 atom stereocenters. The van der Waals surface area contributed by atoms with E-state index in [0.717, 1.165) is 0 Å². The number of ether oxygens (including phenoxy) is 3. The van der Waals surface area contributed by atoms with Gasteiger partial charge >= 0.3 is 11.9 Å². The number of hydrogen-bond acceptors (Lipinski definition) is 7. The summed E-state index contributed by atoms with van der Waals surface area (Å²) in [5.74, 6) is -1.99. The van der Waals surface area contributed by atoms with Gasteiger partial charge < -0.3 is 14.2 Å². The fraction of sp³-hybridized carbons (Fsp3) is 0.467. The molecule has 0 aliphatic heterocycles. The second-order valence-electron chi connectivity index (χ2n) is 4.71. The van der Waals surface area contributed by atoms with Crippen LogP contribution in [0.25, 0.3) is 0 Å². The molecule has 1 aromatic rings. The first-order valence-corrected chi connectivity index (χ1v) is 8.75. The molecule has 0 amide bonds. The number of carbonyl (C=O) groups excluding carboxylic acids is 2. The number of esters is 2. The Morgan fingerprint density at radius 2 is 1.67 bits per heavy atom. The van der Waals surface area contributed by atoms with Crippen molar-refractivity contribution in [2.75, 3.05) is 20.3 Å². The zero-order valence-electron chi connectivity index (χ0n) is 14.0. The first kappa shape index (κ1) is 19.9. The number of rotatable bonds is 8. The first-order chi connectivity index (χ1) is 11.3. The van der Waals surface area contributed by atoms with Gasteiger partial charge in [-0.2, -0.15) is 4.72 Å². The van der Waals surface area contributed by atoms with E-state index >= 15 is 0 Å². The van der Waals surface area contributed by atoms with Gasteiger partial charge in [-0.05, 0) is 38.5 Å². The number of sulfonamides is 1. The molecule has 0 aromatic heterocycles. The largest absolute Gasteiger partial charge is 0.495 e. The molecule has 8 nitrogen and oxygen atoms in total. The average Bonchev–Trinajstić information content (AvgIpc) is 2.53. The van der Waals surface area contributed by atoms with Gasteiger partial charge in [0.25, 0.3) is 0 Å². The predicted molar refractivity (Wildman–Crippen MR) is 85.1 cm³/mol. The maximum atomic E-state index is 12.6. The fourth-order valence-electron chi connectivity index (χ4n) is 1.86. The molecule has 0 unspecified atom stereocenters. The van der Waals surface area contributed by atoms with Gasteiger partial charge in [-0.3, -0.25) is 0 Å². The molecule has 0 radical (unpaired) electrons. The molecule has 0 aliphatic carbocycles. The topological polar surface area (TPSA) is 108 Å². The molecular formula is C15H21NO7S. The van der Waals surface area contributed by atoms with E-state index < -0.39 is 28.0 Å². The third-order valence-electron chi connectivity index (χ3n) is 2.93. The smallest absolute Gasteiger partial charge is 0.335 e. The number of nitrogens with one attached hydrogen (secondary N) is 1. The summed E-state index contributed by atoms with van der Waals surface area (Å²) in [7, 11) is -2.91. The molecule has 1 rings (SSSR count). The monoisotopic (exact) mass is 359 g/mol. The van der Waals surface area contributed by atoms with Gasteiger partial charge in [0, 0.05) is 0 Å². The van der Waals surface area contributed by atoms with Crippen molar-refractivity contribution in [3.8, 4) is 5.75 Å². The summed E-state index contributed by atoms with van der Waals surface area (Å²) in [5.41, 5.74) is 0.667. The van der Waals surface area contributed by atoms with Crippen molar-refractivity contribution >= 4 is 22.0 Å². The first-order valence-electron chi connectivity index (χ1n) is 7.27. The van der Waals surface area contributed by atoms with Gasteiger partial charge in [0.05, 0.1) is 20.3 Å². The van der Waals surface area contributed by atoms with Crippen LogP contribution < -0.4 is 9.46 Å². The molecule has 0 fully saturated rings. The Bertz CT molecular complexity index is 682. The Morgan fingerprint density at radius 3 is 2.12 bits per heavy atom. The molecule has 0 saturated heterocycles. The van der Waals surface area contributed by atoms with Crippen LogP contribution in [-0.4, -0.2) is 46.7 Å². The van der Waals surface area contributed by atoms with Crippen LogP contribution in [0.3, 0.4) is 0 Å². The zero-order chi connectivity index (χ0) is 18.3. The summed E-state index contributed by atoms with van der Waals surface area (Å²) in [6.45, 7) is 4.76. The maximum Gasteiger partial charge on any atom is 0.335 e. The van der Waals surface area contributed by atoms with E-state index in [1.54, 1.807) is 13.0 Å². The van der Waals surface area contributed by atoms with Crippen molar-refractivity contribution < 1.29 is 32.2 Å². The highest BCUT2D eigenvalue weighted by atomic mass is 32.2. The molecule has 0 bridgehead atoms. The second-order valence-corrected chi connectivity index (χ2v) is 6.40. The average molecular weight is 359 g/mol. The lowest BCUT2D eigenvalue weighted by molar-refractivity contribution is -0.157. The molecule has 0 spiro atoms. The molecule has 24 heavy (non-hydrogen) atoms. The van der Waals surface area contributed by atoms with E-state index in [0.29, 0.717) is 5.56 Å². The second kappa shape index (κ2) is 8.65. The van der Waals surface area contributed by atoms with Crippen molar-refractivity contribution in [1.29, 1.82) is 0 Å². The van der Waals surface area contributed by atoms with Crippen LogP contribution in [0.5, 0.6) is 5.75 Å². The minimum atomic E-state index is -4.23. The Balaban J connectivity index is 3.22. The Kier molecular flexibility index (Phi) is 7.18. The molecule has 134 valence electrons. The lowest BCUT2D eigenvalue weighted by Gasteiger charge is -2.17. The van der Waals surface area contributed by atoms with Crippen LogP contribution in [0.15, 0.2) is 23.1 Å². The van der Waals surface area contributed by atoms with E-state index in [2.05, 4.69) is 0 Å². The normalized spacial score (nSPS) is 11.2. The number of methoxy groups -OCH3 is 1. The molecule has 0 heterocycles. The van der Waals surface area contributed by atoms with Gasteiger partial charge in [-0.25, -0.2) is 18.0 Å². The Hall–Kier alpha value is -2.13. The van der Waals surface area contributed by atoms with Crippen molar-refractivity contribution in [2.24, 2.45) is 0 Å². The van der Waals surface area contributed by atoms with Crippen LogP contribution >= 0.6 is 0 Å². The molecular weight excluding hydrogens is 338 g/mol. The third-order valence-corrected chi connectivity index (χ3v) is 4.37. The Morgan fingerprint density at radius 1 is 1.12 bits per heavy atom. The number of hydrogen-bond donors (Lipinski definition) is 1. The minimum absolute atomic E-state index is 0.00969. The summed E-state index contributed by atoms with van der Waals surface area (Å²) in [4.78, 5) is 23.6. The highest BCUT2D eigenvalue weighted by Gasteiger charge is 2.35. The van der Waals surface area contributed by atoms with Crippen molar-refractivity contribution in [1.82, 2.24) is 4.72 Å². The summed E-state index contributed by atoms with van der Waals surface area (Å²) in [6, 6.07) is 2.73. The van der Waals surface area contributed by atoms with Crippen LogP contribution in [0.2, 0.25) is 0 Å². The van der Waals surface area contributed by atoms with E-state index in [1.807, 2.05) is 4.72 Å². The van der Waals surface area contributed by atoms with Crippen molar-refractivity contribution in [2.45, 2.75) is 31.7 Å². The summed E-state index contributed by atoms with van der Waals surface area (Å²) in [5, 5.41) is 0. The van der Waals surface area contributed by atoms with Crippen molar-refractivity contribution in [3.63, 3.8) is 0 Å². The number of benzene rings is 1. The molecule has 0 saturated carbocycles. The van der Waals surface area contributed by atoms with E-state index in [-0.39, 0.29) is 23.9 Å². The molecule has 9 heteroatoms. The lowest BCUT2D eigenvalue weighted by atomic mass is 10.2. The standard InChI is InChI=1S/C15H21NO7S/c1-5-22-14(17)13(15(18)23-6-2)16-24(19,20)12-9-10(3)7-8-11(12)21-4/h7-9,13,16H,5-6H2,1-4H3. The van der Waals surface area contributed by atoms with Gasteiger partial charge in [0.2, 0.25) is 16.1 Å². The highest BCUT2D eigenvalue weighted by molar-refractivity contribution is 7.89. The summed E-state index contributed by atoms with van der Waals surface area (Å²) < 4.78 is 41.7. The summed E-state index contributed by atoms with van der Waals surface area (Å²) in [6.07, 6.45) is 0. The van der Waals surface area contributed by atoms with E-state index in [1.165, 1.54) is 33.1 Å². The van der Waals surface area contributed by atoms with Gasteiger partial charge in [0.1, 0.15) is 10.6 Å². The highest BCUT2D eigenvalue weighted by Crippen LogP contribution is 2.24. The number of aryl methyl sites for hydroxylation is 1. The lowest BCUT2D eigenvalue weighted by Crippen LogP contribution is -2.48. The molecule has 1 aromatic carbocycles. The molecule has 0 aliphatic rings. The van der Waals surface area contributed by atoms with Crippen molar-refractivity contribution in [3.05, 3.63) is 23.8 Å². The van der Waals surface area contributed by atoms with E-state index in [9.17, 15) is 18.0 Å². The molecule has 1 N–H and O–H groups in total. The quantitative estimate of drug-likeness (QED) is 0.540. The van der Waals surface area contributed by atoms with Gasteiger partial charge in [-0.15, -0.1) is 0 Å². The van der Waals surface area contributed by atoms with Crippen LogP contribution in [0, 0.1) is 6.92 Å². The van der Waals surface area contributed by atoms with E-state index in [4.69, 9.17) is 14.2 Å². The predicted octanol–water partition coefficient (Wildman–Crippen LogP) is 0.777. The summed E-state index contributed by atoms with van der Waals surface area (Å²) >= 11 is 0. The SMILES string of the molecule is CCOC(=O)C(NS(=O)(=O)c1cc(C)ccc1OC)C(=O)OCC. The van der Waals surface area contributed by atoms with Gasteiger partial charge in [-0.1, -0.05) is 6.07 Å². The Labute approximate surface area is 141 Å². The minimum Gasteiger partial charge on any atom is -0.495 e. The fourth-order valence-corrected chi connectivity index (χ4v) is 3.24.